The first-order valence-corrected chi connectivity index (χ1v) is 5.26. The van der Waals surface area contributed by atoms with Crippen molar-refractivity contribution < 1.29 is 0 Å². The van der Waals surface area contributed by atoms with E-state index in [9.17, 15) is 0 Å². The van der Waals surface area contributed by atoms with Gasteiger partial charge in [-0.05, 0) is 31.5 Å². The van der Waals surface area contributed by atoms with Crippen molar-refractivity contribution in [3.05, 3.63) is 47.0 Å². The van der Waals surface area contributed by atoms with Gasteiger partial charge in [0, 0.05) is 18.9 Å². The topological polar surface area (TPSA) is 56.7 Å². The summed E-state index contributed by atoms with van der Waals surface area (Å²) in [6.07, 6.45) is 1.82. The summed E-state index contributed by atoms with van der Waals surface area (Å²) >= 11 is 0. The Morgan fingerprint density at radius 3 is 2.50 bits per heavy atom. The fourth-order valence-electron chi connectivity index (χ4n) is 1.76. The summed E-state index contributed by atoms with van der Waals surface area (Å²) < 4.78 is 1.82. The molecule has 0 fully saturated rings. The first-order chi connectivity index (χ1) is 7.58. The van der Waals surface area contributed by atoms with Crippen LogP contribution < -0.4 is 5.73 Å². The van der Waals surface area contributed by atoms with E-state index in [2.05, 4.69) is 10.1 Å². The number of hydrogen-bond acceptors (Lipinski definition) is 3. The van der Waals surface area contributed by atoms with Crippen molar-refractivity contribution in [1.29, 1.82) is 0 Å². The first-order valence-electron chi connectivity index (χ1n) is 5.26. The molecular weight excluding hydrogens is 200 g/mol. The summed E-state index contributed by atoms with van der Waals surface area (Å²) in [6.45, 7) is 3.92. The van der Waals surface area contributed by atoms with Crippen molar-refractivity contribution >= 4 is 0 Å². The molecule has 0 radical (unpaired) electrons. The van der Waals surface area contributed by atoms with Crippen molar-refractivity contribution in [2.45, 2.75) is 19.9 Å². The molecular formula is C12H16N4. The van der Waals surface area contributed by atoms with Crippen molar-refractivity contribution in [3.63, 3.8) is 0 Å². The average molecular weight is 216 g/mol. The van der Waals surface area contributed by atoms with Crippen LogP contribution in [-0.4, -0.2) is 14.8 Å². The summed E-state index contributed by atoms with van der Waals surface area (Å²) in [4.78, 5) is 4.25. The molecule has 0 amide bonds. The SMILES string of the molecule is Cc1ccc(C(N)c2cc(C)nn2C)cn1. The van der Waals surface area contributed by atoms with Crippen LogP contribution in [-0.2, 0) is 7.05 Å². The van der Waals surface area contributed by atoms with Crippen LogP contribution in [0.5, 0.6) is 0 Å². The molecule has 2 aromatic rings. The van der Waals surface area contributed by atoms with E-state index in [1.54, 1.807) is 0 Å². The van der Waals surface area contributed by atoms with Gasteiger partial charge in [0.25, 0.3) is 0 Å². The van der Waals surface area contributed by atoms with E-state index in [1.807, 2.05) is 50.0 Å². The van der Waals surface area contributed by atoms with Crippen LogP contribution in [0.2, 0.25) is 0 Å². The molecule has 2 N–H and O–H groups in total. The Morgan fingerprint density at radius 1 is 1.25 bits per heavy atom. The number of nitrogens with two attached hydrogens (primary N) is 1. The Kier molecular flexibility index (Phi) is 2.75. The smallest absolute Gasteiger partial charge is 0.0738 e. The van der Waals surface area contributed by atoms with Crippen molar-refractivity contribution in [2.75, 3.05) is 0 Å². The molecule has 0 aromatic carbocycles. The van der Waals surface area contributed by atoms with Gasteiger partial charge in [0.2, 0.25) is 0 Å². The van der Waals surface area contributed by atoms with E-state index in [-0.39, 0.29) is 6.04 Å². The Morgan fingerprint density at radius 2 is 2.00 bits per heavy atom. The molecule has 4 heteroatoms. The molecule has 0 spiro atoms. The minimum absolute atomic E-state index is 0.167. The predicted molar refractivity (Wildman–Crippen MR) is 62.9 cm³/mol. The number of aromatic nitrogens is 3. The van der Waals surface area contributed by atoms with Crippen LogP contribution in [0.1, 0.15) is 28.7 Å². The van der Waals surface area contributed by atoms with E-state index in [0.29, 0.717) is 0 Å². The zero-order chi connectivity index (χ0) is 11.7. The van der Waals surface area contributed by atoms with Crippen LogP contribution in [0.25, 0.3) is 0 Å². The second-order valence-electron chi connectivity index (χ2n) is 4.04. The highest BCUT2D eigenvalue weighted by atomic mass is 15.3. The zero-order valence-corrected chi connectivity index (χ0v) is 9.81. The third kappa shape index (κ3) is 1.97. The summed E-state index contributed by atoms with van der Waals surface area (Å²) in [5, 5.41) is 4.29. The molecule has 0 aliphatic rings. The van der Waals surface area contributed by atoms with Crippen molar-refractivity contribution in [2.24, 2.45) is 12.8 Å². The Hall–Kier alpha value is -1.68. The van der Waals surface area contributed by atoms with Gasteiger partial charge in [0.15, 0.2) is 0 Å². The van der Waals surface area contributed by atoms with Gasteiger partial charge in [0.1, 0.15) is 0 Å². The number of rotatable bonds is 2. The predicted octanol–water partition coefficient (Wildman–Crippen LogP) is 1.48. The molecule has 0 aliphatic heterocycles. The molecule has 16 heavy (non-hydrogen) atoms. The number of pyridine rings is 1. The van der Waals surface area contributed by atoms with Crippen LogP contribution in [0.3, 0.4) is 0 Å². The molecule has 0 aliphatic carbocycles. The lowest BCUT2D eigenvalue weighted by atomic mass is 10.1. The Balaban J connectivity index is 2.35. The molecule has 2 heterocycles. The molecule has 4 nitrogen and oxygen atoms in total. The van der Waals surface area contributed by atoms with Crippen LogP contribution >= 0.6 is 0 Å². The quantitative estimate of drug-likeness (QED) is 0.827. The number of aryl methyl sites for hydroxylation is 3. The summed E-state index contributed by atoms with van der Waals surface area (Å²) in [5.41, 5.74) is 10.2. The zero-order valence-electron chi connectivity index (χ0n) is 9.81. The fraction of sp³-hybridized carbons (Fsp3) is 0.333. The third-order valence-corrected chi connectivity index (χ3v) is 2.65. The molecule has 0 saturated carbocycles. The van der Waals surface area contributed by atoms with E-state index in [4.69, 9.17) is 5.73 Å². The molecule has 0 saturated heterocycles. The normalized spacial score (nSPS) is 12.8. The van der Waals surface area contributed by atoms with Crippen LogP contribution in [0, 0.1) is 13.8 Å². The van der Waals surface area contributed by atoms with Crippen LogP contribution in [0.15, 0.2) is 24.4 Å². The highest BCUT2D eigenvalue weighted by molar-refractivity contribution is 5.27. The highest BCUT2D eigenvalue weighted by Gasteiger charge is 2.13. The van der Waals surface area contributed by atoms with Crippen molar-refractivity contribution in [1.82, 2.24) is 14.8 Å². The minimum Gasteiger partial charge on any atom is -0.319 e. The Labute approximate surface area is 95.1 Å². The molecule has 2 aromatic heterocycles. The van der Waals surface area contributed by atoms with Gasteiger partial charge in [-0.1, -0.05) is 6.07 Å². The van der Waals surface area contributed by atoms with E-state index in [1.165, 1.54) is 0 Å². The summed E-state index contributed by atoms with van der Waals surface area (Å²) in [5.74, 6) is 0. The maximum absolute atomic E-state index is 6.18. The first kappa shape index (κ1) is 10.8. The second-order valence-corrected chi connectivity index (χ2v) is 4.04. The Bertz CT molecular complexity index is 484. The van der Waals surface area contributed by atoms with Gasteiger partial charge >= 0.3 is 0 Å². The molecule has 84 valence electrons. The van der Waals surface area contributed by atoms with Gasteiger partial charge in [0.05, 0.1) is 17.4 Å². The molecule has 1 atom stereocenters. The van der Waals surface area contributed by atoms with Crippen LogP contribution in [0.4, 0.5) is 0 Å². The molecule has 1 unspecified atom stereocenters. The van der Waals surface area contributed by atoms with Gasteiger partial charge in [-0.3, -0.25) is 9.67 Å². The molecule has 2 rings (SSSR count). The lowest BCUT2D eigenvalue weighted by Gasteiger charge is -2.11. The fourth-order valence-corrected chi connectivity index (χ4v) is 1.76. The highest BCUT2D eigenvalue weighted by Crippen LogP contribution is 2.19. The number of hydrogen-bond donors (Lipinski definition) is 1. The minimum atomic E-state index is -0.167. The van der Waals surface area contributed by atoms with Gasteiger partial charge in [-0.25, -0.2) is 0 Å². The van der Waals surface area contributed by atoms with E-state index in [0.717, 1.165) is 22.6 Å². The maximum Gasteiger partial charge on any atom is 0.0738 e. The van der Waals surface area contributed by atoms with Gasteiger partial charge in [-0.15, -0.1) is 0 Å². The standard InChI is InChI=1S/C12H16N4/c1-8-4-5-10(7-14-8)12(13)11-6-9(2)15-16(11)3/h4-7,12H,13H2,1-3H3. The van der Waals surface area contributed by atoms with Crippen molar-refractivity contribution in [3.8, 4) is 0 Å². The summed E-state index contributed by atoms with van der Waals surface area (Å²) in [7, 11) is 1.91. The van der Waals surface area contributed by atoms with Gasteiger partial charge < -0.3 is 5.73 Å². The van der Waals surface area contributed by atoms with E-state index < -0.39 is 0 Å². The third-order valence-electron chi connectivity index (χ3n) is 2.65. The largest absolute Gasteiger partial charge is 0.319 e. The number of nitrogens with zero attached hydrogens (tertiary/aromatic N) is 3. The van der Waals surface area contributed by atoms with E-state index >= 15 is 0 Å². The molecule has 0 bridgehead atoms. The van der Waals surface area contributed by atoms with Gasteiger partial charge in [-0.2, -0.15) is 5.10 Å². The second kappa shape index (κ2) is 4.06. The lowest BCUT2D eigenvalue weighted by Crippen LogP contribution is -2.16. The maximum atomic E-state index is 6.18. The summed E-state index contributed by atoms with van der Waals surface area (Å²) in [6, 6.07) is 5.82. The monoisotopic (exact) mass is 216 g/mol. The average Bonchev–Trinajstić information content (AvgIpc) is 2.58. The lowest BCUT2D eigenvalue weighted by molar-refractivity contribution is 0.668.